The summed E-state index contributed by atoms with van der Waals surface area (Å²) >= 11 is 2.54. The number of phenols is 2. The second-order valence-electron chi connectivity index (χ2n) is 5.58. The van der Waals surface area contributed by atoms with Crippen molar-refractivity contribution in [1.29, 1.82) is 0 Å². The number of nitrogens with zero attached hydrogens (tertiary/aromatic N) is 2. The number of methoxy groups -OCH3 is 2. The van der Waals surface area contributed by atoms with Crippen molar-refractivity contribution in [3.05, 3.63) is 36.4 Å². The molecule has 4 aromatic rings. The second kappa shape index (κ2) is 9.24. The van der Waals surface area contributed by atoms with Gasteiger partial charge in [0, 0.05) is 0 Å². The maximum atomic E-state index is 10.9. The van der Waals surface area contributed by atoms with Gasteiger partial charge < -0.3 is 19.7 Å². The van der Waals surface area contributed by atoms with Crippen LogP contribution in [0.1, 0.15) is 0 Å². The second-order valence-corrected chi connectivity index (χ2v) is 7.64. The molecule has 0 aliphatic carbocycles. The van der Waals surface area contributed by atoms with Gasteiger partial charge in [0.2, 0.25) is 0 Å². The molecule has 0 spiro atoms. The lowest BCUT2D eigenvalue weighted by atomic mass is 10.3. The first-order valence-corrected chi connectivity index (χ1v) is 9.90. The van der Waals surface area contributed by atoms with Crippen molar-refractivity contribution in [2.24, 2.45) is 0 Å². The van der Waals surface area contributed by atoms with Crippen LogP contribution in [-0.2, 0) is 9.47 Å². The summed E-state index contributed by atoms with van der Waals surface area (Å²) in [5.41, 5.74) is 1.45. The van der Waals surface area contributed by atoms with Crippen molar-refractivity contribution >= 4 is 65.6 Å². The van der Waals surface area contributed by atoms with E-state index in [1.54, 1.807) is 36.4 Å². The number of hydrogen-bond donors (Lipinski definition) is 4. The van der Waals surface area contributed by atoms with Crippen molar-refractivity contribution in [3.8, 4) is 11.5 Å². The van der Waals surface area contributed by atoms with Gasteiger partial charge in [-0.1, -0.05) is 22.7 Å². The van der Waals surface area contributed by atoms with Crippen LogP contribution in [0.4, 0.5) is 19.9 Å². The molecule has 2 amide bonds. The molecule has 10 nitrogen and oxygen atoms in total. The molecule has 2 aromatic carbocycles. The summed E-state index contributed by atoms with van der Waals surface area (Å²) in [7, 11) is 2.57. The van der Waals surface area contributed by atoms with Crippen LogP contribution < -0.4 is 10.6 Å². The molecule has 0 aliphatic rings. The van der Waals surface area contributed by atoms with Crippen LogP contribution >= 0.6 is 22.7 Å². The molecular weight excluding hydrogens is 432 g/mol. The Hall–Kier alpha value is -3.64. The fraction of sp³-hybridized carbons (Fsp3) is 0.111. The highest BCUT2D eigenvalue weighted by molar-refractivity contribution is 7.22. The lowest BCUT2D eigenvalue weighted by Gasteiger charge is -1.96. The number of aromatic nitrogens is 2. The van der Waals surface area contributed by atoms with Crippen LogP contribution in [0.25, 0.3) is 20.4 Å². The number of anilines is 2. The number of nitrogens with one attached hydrogen (secondary N) is 2. The van der Waals surface area contributed by atoms with Crippen molar-refractivity contribution in [2.45, 2.75) is 0 Å². The highest BCUT2D eigenvalue weighted by Gasteiger charge is 2.08. The molecular formula is C18H16N4O6S2. The molecule has 4 rings (SSSR count). The van der Waals surface area contributed by atoms with Crippen molar-refractivity contribution < 1.29 is 29.3 Å². The van der Waals surface area contributed by atoms with Crippen LogP contribution in [0.15, 0.2) is 36.4 Å². The molecule has 2 heterocycles. The fourth-order valence-electron chi connectivity index (χ4n) is 2.21. The molecule has 0 atom stereocenters. The molecule has 0 fully saturated rings. The first-order valence-electron chi connectivity index (χ1n) is 8.27. The Kier molecular flexibility index (Phi) is 6.49. The zero-order chi connectivity index (χ0) is 21.7. The van der Waals surface area contributed by atoms with E-state index >= 15 is 0 Å². The zero-order valence-corrected chi connectivity index (χ0v) is 17.3. The van der Waals surface area contributed by atoms with Crippen molar-refractivity contribution in [1.82, 2.24) is 9.97 Å². The number of hydrogen-bond acceptors (Lipinski definition) is 10. The average molecular weight is 448 g/mol. The van der Waals surface area contributed by atoms with E-state index in [9.17, 15) is 19.8 Å². The van der Waals surface area contributed by atoms with Gasteiger partial charge in [0.15, 0.2) is 10.3 Å². The number of fused-ring (bicyclic) bond motifs is 2. The molecule has 0 saturated carbocycles. The van der Waals surface area contributed by atoms with E-state index < -0.39 is 12.2 Å². The van der Waals surface area contributed by atoms with E-state index in [1.807, 2.05) is 0 Å². The first-order chi connectivity index (χ1) is 14.4. The molecule has 30 heavy (non-hydrogen) atoms. The predicted molar refractivity (Wildman–Crippen MR) is 115 cm³/mol. The highest BCUT2D eigenvalue weighted by Crippen LogP contribution is 2.29. The van der Waals surface area contributed by atoms with Crippen molar-refractivity contribution in [2.75, 3.05) is 24.9 Å². The first kappa shape index (κ1) is 21.1. The Morgan fingerprint density at radius 1 is 0.800 bits per heavy atom. The zero-order valence-electron chi connectivity index (χ0n) is 15.7. The number of thiazole rings is 2. The number of phenolic OH excluding ortho intramolecular Hbond substituents is 2. The topological polar surface area (TPSA) is 143 Å². The summed E-state index contributed by atoms with van der Waals surface area (Å²) in [6, 6.07) is 9.64. The van der Waals surface area contributed by atoms with E-state index in [0.717, 1.165) is 20.4 Å². The number of aromatic hydroxyl groups is 2. The highest BCUT2D eigenvalue weighted by atomic mass is 32.1. The van der Waals surface area contributed by atoms with Crippen LogP contribution in [0.2, 0.25) is 0 Å². The summed E-state index contributed by atoms with van der Waals surface area (Å²) in [4.78, 5) is 30.1. The standard InChI is InChI=1S/2C9H8N2O3S/c2*1-14-9(13)11-8-10-6-3-2-5(12)4-7(6)15-8/h2*2-4,12H,1H3,(H,10,11,13). The number of carbonyl (C=O) groups excluding carboxylic acids is 2. The molecule has 0 saturated heterocycles. The van der Waals surface area contributed by atoms with Gasteiger partial charge in [-0.3, -0.25) is 10.6 Å². The Morgan fingerprint density at radius 2 is 1.20 bits per heavy atom. The molecule has 0 unspecified atom stereocenters. The monoisotopic (exact) mass is 448 g/mol. The summed E-state index contributed by atoms with van der Waals surface area (Å²) < 4.78 is 10.5. The maximum absolute atomic E-state index is 10.9. The normalized spacial score (nSPS) is 10.2. The Bertz CT molecular complexity index is 1110. The van der Waals surface area contributed by atoms with Gasteiger partial charge >= 0.3 is 12.2 Å². The number of carbonyl (C=O) groups is 2. The van der Waals surface area contributed by atoms with E-state index in [-0.39, 0.29) is 11.5 Å². The smallest absolute Gasteiger partial charge is 0.413 e. The number of benzene rings is 2. The molecule has 4 N–H and O–H groups in total. The van der Waals surface area contributed by atoms with Crippen LogP contribution in [-0.4, -0.2) is 46.6 Å². The minimum absolute atomic E-state index is 0.177. The fourth-order valence-corrected chi connectivity index (χ4v) is 3.98. The van der Waals surface area contributed by atoms with E-state index in [0.29, 0.717) is 10.3 Å². The summed E-state index contributed by atoms with van der Waals surface area (Å²) in [6.07, 6.45) is -1.11. The minimum atomic E-state index is -0.557. The van der Waals surface area contributed by atoms with Crippen LogP contribution in [0, 0.1) is 0 Å². The Balaban J connectivity index is 0.000000171. The van der Waals surface area contributed by atoms with Gasteiger partial charge in [-0.15, -0.1) is 0 Å². The van der Waals surface area contributed by atoms with Crippen molar-refractivity contribution in [3.63, 3.8) is 0 Å². The van der Waals surface area contributed by atoms with Crippen LogP contribution in [0.3, 0.4) is 0 Å². The summed E-state index contributed by atoms with van der Waals surface area (Å²) in [5.74, 6) is 0.353. The molecule has 12 heteroatoms. The van der Waals surface area contributed by atoms with Gasteiger partial charge in [0.25, 0.3) is 0 Å². The third kappa shape index (κ3) is 5.24. The predicted octanol–water partition coefficient (Wildman–Crippen LogP) is 4.36. The maximum Gasteiger partial charge on any atom is 0.413 e. The third-order valence-corrected chi connectivity index (χ3v) is 5.40. The van der Waals surface area contributed by atoms with Gasteiger partial charge in [0.1, 0.15) is 11.5 Å². The minimum Gasteiger partial charge on any atom is -0.508 e. The molecule has 2 aromatic heterocycles. The number of rotatable bonds is 2. The Morgan fingerprint density at radius 3 is 1.57 bits per heavy atom. The third-order valence-electron chi connectivity index (χ3n) is 3.53. The lowest BCUT2D eigenvalue weighted by molar-refractivity contribution is 0.186. The molecule has 0 radical (unpaired) electrons. The SMILES string of the molecule is COC(=O)Nc1nc2ccc(O)cc2s1.COC(=O)Nc1nc2ccc(O)cc2s1. The summed E-state index contributed by atoms with van der Waals surface area (Å²) in [6.45, 7) is 0. The number of ether oxygens (including phenoxy) is 2. The Labute approximate surface area is 177 Å². The van der Waals surface area contributed by atoms with Gasteiger partial charge in [-0.05, 0) is 36.4 Å². The van der Waals surface area contributed by atoms with E-state index in [4.69, 9.17) is 0 Å². The largest absolute Gasteiger partial charge is 0.508 e. The molecule has 0 aliphatic heterocycles. The summed E-state index contributed by atoms with van der Waals surface area (Å²) in [5, 5.41) is 24.3. The van der Waals surface area contributed by atoms with Gasteiger partial charge in [-0.2, -0.15) is 0 Å². The number of amides is 2. The molecule has 0 bridgehead atoms. The molecule has 156 valence electrons. The van der Waals surface area contributed by atoms with E-state index in [1.165, 1.54) is 36.9 Å². The van der Waals surface area contributed by atoms with Gasteiger partial charge in [0.05, 0.1) is 34.7 Å². The quantitative estimate of drug-likeness (QED) is 0.354. The van der Waals surface area contributed by atoms with Crippen LogP contribution in [0.5, 0.6) is 11.5 Å². The van der Waals surface area contributed by atoms with E-state index in [2.05, 4.69) is 30.1 Å². The average Bonchev–Trinajstić information content (AvgIpc) is 3.29. The lowest BCUT2D eigenvalue weighted by Crippen LogP contribution is -2.10. The van der Waals surface area contributed by atoms with Gasteiger partial charge in [-0.25, -0.2) is 19.6 Å².